The Morgan fingerprint density at radius 2 is 1.93 bits per heavy atom. The van der Waals surface area contributed by atoms with Gasteiger partial charge in [0.2, 0.25) is 0 Å². The average molecular weight is 218 g/mol. The molecule has 0 spiro atoms. The van der Waals surface area contributed by atoms with Crippen LogP contribution >= 0.6 is 0 Å². The fraction of sp³-hybridized carbons (Fsp3) is 1.00. The van der Waals surface area contributed by atoms with Gasteiger partial charge in [0.15, 0.2) is 6.67 Å². The fourth-order valence-corrected chi connectivity index (χ4v) is 1.75. The second-order valence-electron chi connectivity index (χ2n) is 2.37. The lowest BCUT2D eigenvalue weighted by atomic mass is 10.7. The number of hydrogen-bond donors (Lipinski definition) is 0. The minimum absolute atomic E-state index is 0.0919. The van der Waals surface area contributed by atoms with Crippen LogP contribution in [0, 0.1) is 0 Å². The number of rotatable bonds is 3. The van der Waals surface area contributed by atoms with Gasteiger partial charge in [0.25, 0.3) is 0 Å². The highest BCUT2D eigenvalue weighted by Crippen LogP contribution is 2.11. The Balaban J connectivity index is 2.76. The Hall–Kier alpha value is -1.67. The predicted octanol–water partition coefficient (Wildman–Crippen LogP) is 0.342. The summed E-state index contributed by atoms with van der Waals surface area (Å²) in [7, 11) is -3.94. The van der Waals surface area contributed by atoms with Crippen LogP contribution in [0.5, 0.6) is 0 Å². The third-order valence-corrected chi connectivity index (χ3v) is 2.79. The molecular formula is C3H6N8O2S. The Morgan fingerprint density at radius 3 is 2.50 bits per heavy atom. The summed E-state index contributed by atoms with van der Waals surface area (Å²) in [6.45, 7) is 0.329. The summed E-state index contributed by atoms with van der Waals surface area (Å²) < 4.78 is 25.8. The molecular weight excluding hydrogens is 212 g/mol. The van der Waals surface area contributed by atoms with Gasteiger partial charge in [-0.3, -0.25) is 0 Å². The molecule has 1 heterocycles. The van der Waals surface area contributed by atoms with E-state index in [0.717, 1.165) is 4.31 Å². The van der Waals surface area contributed by atoms with Crippen molar-refractivity contribution in [3.63, 3.8) is 0 Å². The van der Waals surface area contributed by atoms with Crippen molar-refractivity contribution in [2.75, 3.05) is 19.8 Å². The highest BCUT2D eigenvalue weighted by molar-refractivity contribution is 7.87. The molecule has 0 atom stereocenters. The Morgan fingerprint density at radius 1 is 1.21 bits per heavy atom. The smallest absolute Gasteiger partial charge is 0.232 e. The lowest BCUT2D eigenvalue weighted by Gasteiger charge is -2.08. The van der Waals surface area contributed by atoms with E-state index in [9.17, 15) is 8.42 Å². The second-order valence-corrected chi connectivity index (χ2v) is 3.95. The van der Waals surface area contributed by atoms with E-state index in [1.165, 1.54) is 5.01 Å². The van der Waals surface area contributed by atoms with E-state index in [4.69, 9.17) is 11.1 Å². The van der Waals surface area contributed by atoms with Crippen LogP contribution in [0.15, 0.2) is 9.74 Å². The highest BCUT2D eigenvalue weighted by Gasteiger charge is 2.30. The van der Waals surface area contributed by atoms with Crippen LogP contribution in [0.2, 0.25) is 0 Å². The summed E-state index contributed by atoms with van der Waals surface area (Å²) >= 11 is 0. The van der Waals surface area contributed by atoms with Crippen molar-refractivity contribution < 1.29 is 8.42 Å². The van der Waals surface area contributed by atoms with Crippen LogP contribution in [-0.2, 0) is 10.2 Å². The molecule has 10 nitrogen and oxygen atoms in total. The quantitative estimate of drug-likeness (QED) is 0.383. The first kappa shape index (κ1) is 10.4. The zero-order valence-corrected chi connectivity index (χ0v) is 7.74. The minimum atomic E-state index is -3.94. The van der Waals surface area contributed by atoms with Crippen molar-refractivity contribution in [1.29, 1.82) is 0 Å². The van der Waals surface area contributed by atoms with Gasteiger partial charge in [-0.15, -0.1) is 5.53 Å². The molecule has 0 aromatic carbocycles. The van der Waals surface area contributed by atoms with Gasteiger partial charge in [0.05, 0.1) is 6.54 Å². The number of nitrogens with zero attached hydrogens (tertiary/aromatic N) is 8. The summed E-state index contributed by atoms with van der Waals surface area (Å²) in [5.41, 5.74) is 16.1. The summed E-state index contributed by atoms with van der Waals surface area (Å²) in [5, 5.41) is 4.43. The van der Waals surface area contributed by atoms with Crippen molar-refractivity contribution >= 4 is 10.2 Å². The maximum Gasteiger partial charge on any atom is 0.305 e. The van der Waals surface area contributed by atoms with E-state index in [2.05, 4.69) is 19.6 Å². The van der Waals surface area contributed by atoms with Crippen molar-refractivity contribution in [3.8, 4) is 0 Å². The first-order valence-electron chi connectivity index (χ1n) is 3.46. The van der Waals surface area contributed by atoms with Crippen molar-refractivity contribution in [1.82, 2.24) is 9.31 Å². The van der Waals surface area contributed by atoms with Crippen molar-refractivity contribution in [2.24, 2.45) is 9.74 Å². The van der Waals surface area contributed by atoms with Crippen LogP contribution in [0.4, 0.5) is 0 Å². The van der Waals surface area contributed by atoms with Crippen LogP contribution in [0.25, 0.3) is 20.9 Å². The molecule has 0 radical (unpaired) electrons. The third-order valence-electron chi connectivity index (χ3n) is 1.56. The van der Waals surface area contributed by atoms with Gasteiger partial charge in [-0.2, -0.15) is 9.22 Å². The van der Waals surface area contributed by atoms with Crippen LogP contribution in [-0.4, -0.2) is 37.5 Å². The first-order valence-corrected chi connectivity index (χ1v) is 4.86. The highest BCUT2D eigenvalue weighted by atomic mass is 32.2. The summed E-state index contributed by atoms with van der Waals surface area (Å²) in [6.07, 6.45) is 0. The molecule has 0 aromatic rings. The maximum atomic E-state index is 11.1. The minimum Gasteiger partial charge on any atom is -0.232 e. The molecule has 0 N–H and O–H groups in total. The molecule has 11 heteroatoms. The molecule has 0 aromatic heterocycles. The fourth-order valence-electron chi connectivity index (χ4n) is 0.966. The van der Waals surface area contributed by atoms with Gasteiger partial charge in [-0.25, -0.2) is 13.4 Å². The topological polar surface area (TPSA) is 138 Å². The summed E-state index contributed by atoms with van der Waals surface area (Å²) in [5.74, 6) is 0. The zero-order chi connectivity index (χ0) is 10.6. The molecule has 0 aliphatic carbocycles. The van der Waals surface area contributed by atoms with E-state index in [1.807, 2.05) is 0 Å². The molecule has 1 aliphatic rings. The molecule has 0 unspecified atom stereocenters. The SMILES string of the molecule is [N-]=[N+]=NN1CCN(S(=O)(=O)N=[N+]=[N-])C1. The lowest BCUT2D eigenvalue weighted by molar-refractivity contribution is 0.314. The molecule has 14 heavy (non-hydrogen) atoms. The molecule has 1 fully saturated rings. The normalized spacial score (nSPS) is 17.3. The number of hydrogen-bond acceptors (Lipinski definition) is 3. The van der Waals surface area contributed by atoms with Crippen LogP contribution < -0.4 is 0 Å². The predicted molar refractivity (Wildman–Crippen MR) is 45.5 cm³/mol. The van der Waals surface area contributed by atoms with E-state index >= 15 is 0 Å². The molecule has 0 amide bonds. The summed E-state index contributed by atoms with van der Waals surface area (Å²) in [6, 6.07) is 0. The average Bonchev–Trinajstić information content (AvgIpc) is 2.54. The van der Waals surface area contributed by atoms with Gasteiger partial charge in [-0.1, -0.05) is 0 Å². The third kappa shape index (κ3) is 2.18. The van der Waals surface area contributed by atoms with E-state index < -0.39 is 10.2 Å². The lowest BCUT2D eigenvalue weighted by Crippen LogP contribution is -2.27. The van der Waals surface area contributed by atoms with Crippen LogP contribution in [0.1, 0.15) is 0 Å². The van der Waals surface area contributed by atoms with Gasteiger partial charge in [0, 0.05) is 9.43 Å². The molecule has 1 aliphatic heterocycles. The van der Waals surface area contributed by atoms with Crippen LogP contribution in [0.3, 0.4) is 0 Å². The molecule has 0 bridgehead atoms. The van der Waals surface area contributed by atoms with Gasteiger partial charge >= 0.3 is 10.2 Å². The number of azide groups is 2. The van der Waals surface area contributed by atoms with E-state index in [0.29, 0.717) is 0 Å². The standard InChI is InChI=1S/C3H6N8O2S/c4-6-8-10-1-2-11(3-10)14(12,13)9-7-5/h1-3H2. The van der Waals surface area contributed by atoms with E-state index in [1.54, 1.807) is 0 Å². The molecule has 76 valence electrons. The molecule has 0 saturated carbocycles. The second kappa shape index (κ2) is 4.03. The molecule has 1 saturated heterocycles. The van der Waals surface area contributed by atoms with Crippen molar-refractivity contribution in [2.45, 2.75) is 0 Å². The Bertz CT molecular complexity index is 402. The Labute approximate surface area is 79.1 Å². The van der Waals surface area contributed by atoms with Gasteiger partial charge in [-0.05, 0) is 10.8 Å². The summed E-state index contributed by atoms with van der Waals surface area (Å²) in [4.78, 5) is 4.70. The van der Waals surface area contributed by atoms with Crippen molar-refractivity contribution in [3.05, 3.63) is 20.9 Å². The van der Waals surface area contributed by atoms with Gasteiger partial charge in [0.1, 0.15) is 6.54 Å². The van der Waals surface area contributed by atoms with Gasteiger partial charge < -0.3 is 0 Å². The monoisotopic (exact) mass is 218 g/mol. The maximum absolute atomic E-state index is 11.1. The first-order chi connectivity index (χ1) is 6.60. The van der Waals surface area contributed by atoms with E-state index in [-0.39, 0.29) is 19.8 Å². The Kier molecular flexibility index (Phi) is 2.99. The molecule has 1 rings (SSSR count). The largest absolute Gasteiger partial charge is 0.305 e. The zero-order valence-electron chi connectivity index (χ0n) is 6.92.